The van der Waals surface area contributed by atoms with Crippen LogP contribution in [0.15, 0.2) is 49.2 Å². The number of pyridine rings is 1. The quantitative estimate of drug-likeness (QED) is 0.313. The molecule has 2 heterocycles. The van der Waals surface area contributed by atoms with Gasteiger partial charge in [-0.05, 0) is 82.8 Å². The van der Waals surface area contributed by atoms with Gasteiger partial charge in [0.25, 0.3) is 0 Å². The summed E-state index contributed by atoms with van der Waals surface area (Å²) >= 11 is 0. The summed E-state index contributed by atoms with van der Waals surface area (Å²) in [5.74, 6) is 0.491. The first kappa shape index (κ1) is 28.4. The monoisotopic (exact) mass is 556 g/mol. The topological polar surface area (TPSA) is 97.2 Å². The van der Waals surface area contributed by atoms with Gasteiger partial charge in [0.1, 0.15) is 5.82 Å². The molecular weight excluding hydrogens is 516 g/mol. The van der Waals surface area contributed by atoms with Crippen molar-refractivity contribution in [3.63, 3.8) is 0 Å². The smallest absolute Gasteiger partial charge is 0.322 e. The van der Waals surface area contributed by atoms with Crippen molar-refractivity contribution in [3.8, 4) is 0 Å². The SMILES string of the molecule is [C-]#[N+]c1ccc(NC2CCC(N(C(=O)NC3CC3)c3ccc(N4CCN(C)[C@@H](C)C4)c(NC(=O)C=C)c3)CC2)nc1. The molecule has 5 rings (SSSR count). The summed E-state index contributed by atoms with van der Waals surface area (Å²) < 4.78 is 0. The van der Waals surface area contributed by atoms with Crippen LogP contribution in [-0.2, 0) is 4.79 Å². The highest BCUT2D eigenvalue weighted by Crippen LogP contribution is 2.36. The van der Waals surface area contributed by atoms with E-state index in [0.717, 1.165) is 75.4 Å². The van der Waals surface area contributed by atoms with Gasteiger partial charge in [0, 0.05) is 55.7 Å². The molecule has 1 atom stereocenters. The highest BCUT2D eigenvalue weighted by molar-refractivity contribution is 6.02. The summed E-state index contributed by atoms with van der Waals surface area (Å²) in [6.07, 6.45) is 8.33. The molecule has 1 aromatic heterocycles. The maximum absolute atomic E-state index is 13.6. The van der Waals surface area contributed by atoms with Crippen molar-refractivity contribution in [2.45, 2.75) is 69.6 Å². The van der Waals surface area contributed by atoms with Gasteiger partial charge in [0.15, 0.2) is 0 Å². The number of carbonyl (C=O) groups excluding carboxylic acids is 2. The van der Waals surface area contributed by atoms with Crippen molar-refractivity contribution in [3.05, 3.63) is 60.6 Å². The van der Waals surface area contributed by atoms with Crippen molar-refractivity contribution in [1.29, 1.82) is 0 Å². The van der Waals surface area contributed by atoms with Crippen LogP contribution < -0.4 is 25.8 Å². The Kier molecular flexibility index (Phi) is 8.74. The summed E-state index contributed by atoms with van der Waals surface area (Å²) in [5, 5.41) is 9.69. The fourth-order valence-electron chi connectivity index (χ4n) is 5.69. The average molecular weight is 557 g/mol. The van der Waals surface area contributed by atoms with Gasteiger partial charge in [-0.25, -0.2) is 9.64 Å². The van der Waals surface area contributed by atoms with Crippen molar-refractivity contribution in [2.75, 3.05) is 47.1 Å². The summed E-state index contributed by atoms with van der Waals surface area (Å²) in [5.41, 5.74) is 2.95. The second-order valence-electron chi connectivity index (χ2n) is 11.4. The molecule has 1 aliphatic heterocycles. The minimum absolute atomic E-state index is 0.0294. The molecule has 0 spiro atoms. The average Bonchev–Trinajstić information content (AvgIpc) is 3.80. The maximum Gasteiger partial charge on any atom is 0.322 e. The van der Waals surface area contributed by atoms with Crippen LogP contribution in [0, 0.1) is 6.57 Å². The Hall–Kier alpha value is -4.10. The molecule has 0 radical (unpaired) electrons. The van der Waals surface area contributed by atoms with E-state index in [2.05, 4.69) is 56.1 Å². The zero-order valence-electron chi connectivity index (χ0n) is 24.0. The molecule has 2 saturated carbocycles. The summed E-state index contributed by atoms with van der Waals surface area (Å²) in [6.45, 7) is 15.6. The Morgan fingerprint density at radius 1 is 1.10 bits per heavy atom. The normalized spacial score (nSPS) is 22.8. The number of nitrogens with zero attached hydrogens (tertiary/aromatic N) is 5. The van der Waals surface area contributed by atoms with Crippen molar-refractivity contribution in [2.24, 2.45) is 0 Å². The Morgan fingerprint density at radius 2 is 1.85 bits per heavy atom. The van der Waals surface area contributed by atoms with E-state index >= 15 is 0 Å². The van der Waals surface area contributed by atoms with Crippen LogP contribution in [0.1, 0.15) is 45.4 Å². The molecule has 10 nitrogen and oxygen atoms in total. The van der Waals surface area contributed by atoms with E-state index in [1.54, 1.807) is 12.3 Å². The molecule has 2 aliphatic carbocycles. The Balaban J connectivity index is 1.36. The minimum atomic E-state index is -0.274. The number of likely N-dealkylation sites (N-methyl/N-ethyl adjacent to an activating group) is 1. The minimum Gasteiger partial charge on any atom is -0.367 e. The Morgan fingerprint density at radius 3 is 2.49 bits per heavy atom. The number of hydrogen-bond donors (Lipinski definition) is 3. The van der Waals surface area contributed by atoms with Gasteiger partial charge in [0.05, 0.1) is 17.9 Å². The van der Waals surface area contributed by atoms with E-state index in [9.17, 15) is 9.59 Å². The highest BCUT2D eigenvalue weighted by atomic mass is 16.2. The van der Waals surface area contributed by atoms with Gasteiger partial charge >= 0.3 is 6.03 Å². The van der Waals surface area contributed by atoms with Crippen molar-refractivity contribution in [1.82, 2.24) is 15.2 Å². The Labute approximate surface area is 242 Å². The van der Waals surface area contributed by atoms with Gasteiger partial charge in [-0.1, -0.05) is 12.6 Å². The number of amides is 3. The van der Waals surface area contributed by atoms with Gasteiger partial charge in [0.2, 0.25) is 11.6 Å². The van der Waals surface area contributed by atoms with Crippen molar-refractivity contribution >= 4 is 40.5 Å². The molecule has 3 N–H and O–H groups in total. The second-order valence-corrected chi connectivity index (χ2v) is 11.4. The van der Waals surface area contributed by atoms with E-state index < -0.39 is 0 Å². The first-order valence-electron chi connectivity index (χ1n) is 14.6. The summed E-state index contributed by atoms with van der Waals surface area (Å²) in [4.78, 5) is 40.4. The van der Waals surface area contributed by atoms with Gasteiger partial charge in [-0.15, -0.1) is 0 Å². The van der Waals surface area contributed by atoms with Gasteiger partial charge in [-0.2, -0.15) is 0 Å². The van der Waals surface area contributed by atoms with Crippen LogP contribution >= 0.6 is 0 Å². The van der Waals surface area contributed by atoms with Gasteiger partial charge in [-0.3, -0.25) is 14.7 Å². The maximum atomic E-state index is 13.6. The van der Waals surface area contributed by atoms with Gasteiger partial charge < -0.3 is 25.8 Å². The predicted octanol–water partition coefficient (Wildman–Crippen LogP) is 5.00. The van der Waals surface area contributed by atoms with Crippen LogP contribution in [0.25, 0.3) is 4.85 Å². The molecule has 2 aromatic rings. The first-order valence-corrected chi connectivity index (χ1v) is 14.6. The van der Waals surface area contributed by atoms with E-state index in [1.165, 1.54) is 6.08 Å². The molecule has 10 heteroatoms. The van der Waals surface area contributed by atoms with Crippen LogP contribution in [0.2, 0.25) is 0 Å². The molecule has 3 amide bonds. The van der Waals surface area contributed by atoms with Crippen LogP contribution in [-0.4, -0.2) is 72.7 Å². The highest BCUT2D eigenvalue weighted by Gasteiger charge is 2.34. The number of urea groups is 1. The first-order chi connectivity index (χ1) is 19.8. The lowest BCUT2D eigenvalue weighted by Gasteiger charge is -2.40. The van der Waals surface area contributed by atoms with E-state index in [1.807, 2.05) is 29.2 Å². The third-order valence-corrected chi connectivity index (χ3v) is 8.42. The molecular formula is C31H40N8O2. The van der Waals surface area contributed by atoms with E-state index in [0.29, 0.717) is 17.4 Å². The number of anilines is 4. The number of piperazine rings is 1. The predicted molar refractivity (Wildman–Crippen MR) is 164 cm³/mol. The molecule has 216 valence electrons. The fourth-order valence-corrected chi connectivity index (χ4v) is 5.69. The lowest BCUT2D eigenvalue weighted by Crippen LogP contribution is -2.50. The van der Waals surface area contributed by atoms with E-state index in [4.69, 9.17) is 6.57 Å². The molecule has 1 aromatic carbocycles. The molecule has 3 fully saturated rings. The molecule has 0 bridgehead atoms. The second kappa shape index (κ2) is 12.6. The van der Waals surface area contributed by atoms with Crippen molar-refractivity contribution < 1.29 is 9.59 Å². The number of aromatic nitrogens is 1. The molecule has 3 aliphatic rings. The lowest BCUT2D eigenvalue weighted by atomic mass is 9.89. The molecule has 1 saturated heterocycles. The van der Waals surface area contributed by atoms with E-state index in [-0.39, 0.29) is 30.1 Å². The third kappa shape index (κ3) is 6.98. The largest absolute Gasteiger partial charge is 0.367 e. The standard InChI is InChI=1S/C31H40N8O2/c1-5-30(40)36-27-18-26(13-14-28(27)38-17-16-37(4)21(2)20-38)39(31(41)35-23-6-7-23)25-11-8-22(9-12-25)34-29-15-10-24(32-3)19-33-29/h5,10,13-15,18-19,21-23,25H,1,6-9,11-12,16-17,20H2,2,4H3,(H,33,34)(H,35,41)(H,36,40)/t21-,22?,25?/m0/s1. The van der Waals surface area contributed by atoms with Crippen LogP contribution in [0.3, 0.4) is 0 Å². The van der Waals surface area contributed by atoms with Crippen LogP contribution in [0.5, 0.6) is 0 Å². The zero-order valence-corrected chi connectivity index (χ0v) is 24.0. The molecule has 41 heavy (non-hydrogen) atoms. The summed E-state index contributed by atoms with van der Waals surface area (Å²) in [7, 11) is 2.13. The van der Waals surface area contributed by atoms with Crippen LogP contribution in [0.4, 0.5) is 33.4 Å². The summed E-state index contributed by atoms with van der Waals surface area (Å²) in [6, 6.07) is 10.4. The number of carbonyl (C=O) groups is 2. The number of benzene rings is 1. The number of nitrogens with one attached hydrogen (secondary N) is 3. The number of hydrogen-bond acceptors (Lipinski definition) is 6. The number of rotatable bonds is 8. The molecule has 0 unspecified atom stereocenters. The Bertz CT molecular complexity index is 1290. The fraction of sp³-hybridized carbons (Fsp3) is 0.484. The third-order valence-electron chi connectivity index (χ3n) is 8.42. The zero-order chi connectivity index (χ0) is 28.9. The lowest BCUT2D eigenvalue weighted by molar-refractivity contribution is -0.111.